The Bertz CT molecular complexity index is 368. The first-order valence-corrected chi connectivity index (χ1v) is 5.21. The third-order valence-electron chi connectivity index (χ3n) is 1.68. The van der Waals surface area contributed by atoms with Gasteiger partial charge in [0.15, 0.2) is 5.82 Å². The highest BCUT2D eigenvalue weighted by Crippen LogP contribution is 2.24. The van der Waals surface area contributed by atoms with Gasteiger partial charge in [0.25, 0.3) is 0 Å². The second-order valence-corrected chi connectivity index (χ2v) is 4.13. The highest BCUT2D eigenvalue weighted by atomic mass is 127. The number of hydrogen-bond acceptors (Lipinski definition) is 2. The molecule has 0 spiro atoms. The highest BCUT2D eigenvalue weighted by molar-refractivity contribution is 14.1. The Morgan fingerprint density at radius 2 is 2.29 bits per heavy atom. The lowest BCUT2D eigenvalue weighted by molar-refractivity contribution is -0.139. The van der Waals surface area contributed by atoms with Crippen molar-refractivity contribution in [2.24, 2.45) is 0 Å². The van der Waals surface area contributed by atoms with Crippen LogP contribution in [0.3, 0.4) is 0 Å². The first-order chi connectivity index (χ1) is 6.56. The Morgan fingerprint density at radius 1 is 1.64 bits per heavy atom. The molecule has 0 N–H and O–H groups in total. The van der Waals surface area contributed by atoms with Gasteiger partial charge in [-0.25, -0.2) is 4.39 Å². The normalized spacial score (nSPS) is 10.0. The van der Waals surface area contributed by atoms with Gasteiger partial charge in [0, 0.05) is 0 Å². The average Bonchev–Trinajstić information content (AvgIpc) is 2.19. The van der Waals surface area contributed by atoms with Gasteiger partial charge in [0.2, 0.25) is 0 Å². The SMILES string of the molecule is COC(=O)Cc1ccc(I)c(F)c1Cl. The summed E-state index contributed by atoms with van der Waals surface area (Å²) in [5.41, 5.74) is 0.441. The molecule has 0 saturated carbocycles. The molecule has 0 fully saturated rings. The average molecular weight is 329 g/mol. The molecular formula is C9H7ClFIO2. The predicted molar refractivity (Wildman–Crippen MR) is 59.8 cm³/mol. The summed E-state index contributed by atoms with van der Waals surface area (Å²) in [6.07, 6.45) is -0.0107. The van der Waals surface area contributed by atoms with Crippen LogP contribution in [-0.2, 0) is 16.0 Å². The first-order valence-electron chi connectivity index (χ1n) is 3.75. The molecule has 0 aliphatic rings. The van der Waals surface area contributed by atoms with Crippen molar-refractivity contribution < 1.29 is 13.9 Å². The van der Waals surface area contributed by atoms with Crippen LogP contribution in [0.5, 0.6) is 0 Å². The summed E-state index contributed by atoms with van der Waals surface area (Å²) in [4.78, 5) is 10.9. The number of methoxy groups -OCH3 is 1. The van der Waals surface area contributed by atoms with E-state index in [4.69, 9.17) is 11.6 Å². The molecule has 0 aliphatic heterocycles. The van der Waals surface area contributed by atoms with Gasteiger partial charge in [0.05, 0.1) is 22.1 Å². The number of rotatable bonds is 2. The minimum atomic E-state index is -0.492. The number of benzene rings is 1. The molecule has 0 aliphatic carbocycles. The second kappa shape index (κ2) is 4.93. The van der Waals surface area contributed by atoms with Crippen LogP contribution in [-0.4, -0.2) is 13.1 Å². The van der Waals surface area contributed by atoms with E-state index >= 15 is 0 Å². The first kappa shape index (κ1) is 11.7. The van der Waals surface area contributed by atoms with Gasteiger partial charge in [-0.3, -0.25) is 4.79 Å². The van der Waals surface area contributed by atoms with Crippen molar-refractivity contribution in [3.8, 4) is 0 Å². The quantitative estimate of drug-likeness (QED) is 0.474. The molecular weight excluding hydrogens is 321 g/mol. The summed E-state index contributed by atoms with van der Waals surface area (Å²) in [7, 11) is 1.28. The smallest absolute Gasteiger partial charge is 0.310 e. The maximum atomic E-state index is 13.3. The van der Waals surface area contributed by atoms with Gasteiger partial charge in [0.1, 0.15) is 0 Å². The van der Waals surface area contributed by atoms with Crippen LogP contribution in [0.4, 0.5) is 4.39 Å². The van der Waals surface area contributed by atoms with E-state index in [1.54, 1.807) is 12.1 Å². The topological polar surface area (TPSA) is 26.3 Å². The standard InChI is InChI=1S/C9H7ClFIO2/c1-14-7(13)4-5-2-3-6(12)9(11)8(5)10/h2-3H,4H2,1H3. The Balaban J connectivity index is 3.00. The molecule has 1 rings (SSSR count). The van der Waals surface area contributed by atoms with Gasteiger partial charge < -0.3 is 4.74 Å². The zero-order valence-corrected chi connectivity index (χ0v) is 10.2. The largest absolute Gasteiger partial charge is 0.469 e. The van der Waals surface area contributed by atoms with E-state index in [1.807, 2.05) is 22.6 Å². The molecule has 76 valence electrons. The predicted octanol–water partition coefficient (Wildman–Crippen LogP) is 2.80. The van der Waals surface area contributed by atoms with Crippen LogP contribution >= 0.6 is 34.2 Å². The molecule has 0 bridgehead atoms. The minimum absolute atomic E-state index is 0.0107. The molecule has 0 aromatic heterocycles. The van der Waals surface area contributed by atoms with Crippen molar-refractivity contribution >= 4 is 40.2 Å². The lowest BCUT2D eigenvalue weighted by Gasteiger charge is -2.04. The van der Waals surface area contributed by atoms with Crippen molar-refractivity contribution in [2.45, 2.75) is 6.42 Å². The summed E-state index contributed by atoms with van der Waals surface area (Å²) in [6, 6.07) is 3.18. The summed E-state index contributed by atoms with van der Waals surface area (Å²) in [5.74, 6) is -0.929. The Hall–Kier alpha value is -0.360. The summed E-state index contributed by atoms with van der Waals surface area (Å²) in [6.45, 7) is 0. The molecule has 0 saturated heterocycles. The number of ether oxygens (including phenoxy) is 1. The molecule has 0 radical (unpaired) electrons. The number of esters is 1. The molecule has 0 heterocycles. The zero-order valence-electron chi connectivity index (χ0n) is 7.31. The third kappa shape index (κ3) is 2.57. The lowest BCUT2D eigenvalue weighted by atomic mass is 10.1. The number of carbonyl (C=O) groups excluding carboxylic acids is 1. The maximum absolute atomic E-state index is 13.3. The van der Waals surface area contributed by atoms with Gasteiger partial charge in [-0.05, 0) is 34.2 Å². The van der Waals surface area contributed by atoms with Crippen molar-refractivity contribution in [3.05, 3.63) is 32.1 Å². The van der Waals surface area contributed by atoms with E-state index < -0.39 is 11.8 Å². The van der Waals surface area contributed by atoms with Crippen LogP contribution in [0.1, 0.15) is 5.56 Å². The monoisotopic (exact) mass is 328 g/mol. The summed E-state index contributed by atoms with van der Waals surface area (Å²) in [5, 5.41) is -0.0118. The van der Waals surface area contributed by atoms with Crippen LogP contribution in [0.25, 0.3) is 0 Å². The number of carbonyl (C=O) groups is 1. The van der Waals surface area contributed by atoms with Crippen molar-refractivity contribution in [1.82, 2.24) is 0 Å². The van der Waals surface area contributed by atoms with E-state index in [0.29, 0.717) is 9.13 Å². The molecule has 5 heteroatoms. The van der Waals surface area contributed by atoms with Crippen LogP contribution in [0, 0.1) is 9.39 Å². The third-order valence-corrected chi connectivity index (χ3v) is 2.92. The Morgan fingerprint density at radius 3 is 2.86 bits per heavy atom. The van der Waals surface area contributed by atoms with Crippen molar-refractivity contribution in [2.75, 3.05) is 7.11 Å². The maximum Gasteiger partial charge on any atom is 0.310 e. The molecule has 0 unspecified atom stereocenters. The van der Waals surface area contributed by atoms with E-state index in [1.165, 1.54) is 7.11 Å². The fourth-order valence-electron chi connectivity index (χ4n) is 0.930. The molecule has 0 atom stereocenters. The number of halogens is 3. The minimum Gasteiger partial charge on any atom is -0.469 e. The fraction of sp³-hybridized carbons (Fsp3) is 0.222. The zero-order chi connectivity index (χ0) is 10.7. The summed E-state index contributed by atoms with van der Waals surface area (Å²) >= 11 is 7.55. The lowest BCUT2D eigenvalue weighted by Crippen LogP contribution is -2.05. The van der Waals surface area contributed by atoms with E-state index in [0.717, 1.165) is 0 Å². The second-order valence-electron chi connectivity index (χ2n) is 2.59. The van der Waals surface area contributed by atoms with E-state index in [9.17, 15) is 9.18 Å². The molecule has 14 heavy (non-hydrogen) atoms. The Kier molecular flexibility index (Phi) is 4.12. The van der Waals surface area contributed by atoms with Gasteiger partial charge in [-0.15, -0.1) is 0 Å². The van der Waals surface area contributed by atoms with Crippen molar-refractivity contribution in [1.29, 1.82) is 0 Å². The summed E-state index contributed by atoms with van der Waals surface area (Å²) < 4.78 is 18.1. The molecule has 1 aromatic carbocycles. The van der Waals surface area contributed by atoms with Crippen LogP contribution < -0.4 is 0 Å². The highest BCUT2D eigenvalue weighted by Gasteiger charge is 2.12. The van der Waals surface area contributed by atoms with Gasteiger partial charge in [-0.2, -0.15) is 0 Å². The number of hydrogen-bond donors (Lipinski definition) is 0. The molecule has 2 nitrogen and oxygen atoms in total. The fourth-order valence-corrected chi connectivity index (χ4v) is 1.77. The van der Waals surface area contributed by atoms with Gasteiger partial charge >= 0.3 is 5.97 Å². The molecule has 0 amide bonds. The Labute approximate surface area is 99.5 Å². The van der Waals surface area contributed by atoms with Gasteiger partial charge in [-0.1, -0.05) is 17.7 Å². The van der Waals surface area contributed by atoms with E-state index in [2.05, 4.69) is 4.74 Å². The molecule has 1 aromatic rings. The van der Waals surface area contributed by atoms with Crippen molar-refractivity contribution in [3.63, 3.8) is 0 Å². The van der Waals surface area contributed by atoms with E-state index in [-0.39, 0.29) is 11.4 Å². The van der Waals surface area contributed by atoms with Crippen LogP contribution in [0.2, 0.25) is 5.02 Å². The van der Waals surface area contributed by atoms with Crippen LogP contribution in [0.15, 0.2) is 12.1 Å².